The van der Waals surface area contributed by atoms with E-state index in [1.807, 2.05) is 34.5 Å². The highest BCUT2D eigenvalue weighted by molar-refractivity contribution is 7.13. The predicted molar refractivity (Wildman–Crippen MR) is 99.6 cm³/mol. The molecule has 0 atom stereocenters. The third-order valence-corrected chi connectivity index (χ3v) is 5.13. The summed E-state index contributed by atoms with van der Waals surface area (Å²) >= 11 is 1.53. The zero-order valence-electron chi connectivity index (χ0n) is 14.5. The zero-order valence-corrected chi connectivity index (χ0v) is 15.3. The number of likely N-dealkylation sites (N-methyl/N-ethyl adjacent to an activating group) is 1. The van der Waals surface area contributed by atoms with Gasteiger partial charge >= 0.3 is 0 Å². The van der Waals surface area contributed by atoms with Gasteiger partial charge in [0, 0.05) is 49.7 Å². The Morgan fingerprint density at radius 2 is 1.84 bits per heavy atom. The Balaban J connectivity index is 1.62. The van der Waals surface area contributed by atoms with Gasteiger partial charge < -0.3 is 15.1 Å². The van der Waals surface area contributed by atoms with E-state index in [9.17, 15) is 9.59 Å². The van der Waals surface area contributed by atoms with E-state index in [-0.39, 0.29) is 11.8 Å². The average Bonchev–Trinajstić information content (AvgIpc) is 3.04. The van der Waals surface area contributed by atoms with Crippen molar-refractivity contribution < 1.29 is 9.59 Å². The topological polar surface area (TPSA) is 65.5 Å². The predicted octanol–water partition coefficient (Wildman–Crippen LogP) is 2.08. The van der Waals surface area contributed by atoms with Crippen molar-refractivity contribution in [2.24, 2.45) is 0 Å². The Labute approximate surface area is 151 Å². The summed E-state index contributed by atoms with van der Waals surface area (Å²) in [6, 6.07) is 7.56. The first-order chi connectivity index (χ1) is 12.0. The Morgan fingerprint density at radius 1 is 1.16 bits per heavy atom. The van der Waals surface area contributed by atoms with Gasteiger partial charge in [0.25, 0.3) is 0 Å². The molecule has 7 heteroatoms. The Bertz CT molecular complexity index is 749. The van der Waals surface area contributed by atoms with Crippen LogP contribution in [0.15, 0.2) is 29.6 Å². The number of thiazole rings is 1. The van der Waals surface area contributed by atoms with E-state index < -0.39 is 0 Å². The number of piperazine rings is 1. The van der Waals surface area contributed by atoms with Gasteiger partial charge in [-0.1, -0.05) is 0 Å². The number of rotatable bonds is 4. The smallest absolute Gasteiger partial charge is 0.228 e. The highest BCUT2D eigenvalue weighted by Crippen LogP contribution is 2.25. The first-order valence-electron chi connectivity index (χ1n) is 8.30. The number of carbonyl (C=O) groups excluding carboxylic acids is 2. The van der Waals surface area contributed by atoms with E-state index in [1.165, 1.54) is 18.3 Å². The zero-order chi connectivity index (χ0) is 17.8. The van der Waals surface area contributed by atoms with Crippen LogP contribution in [0.25, 0.3) is 10.6 Å². The van der Waals surface area contributed by atoms with Crippen molar-refractivity contribution >= 4 is 28.8 Å². The van der Waals surface area contributed by atoms with Crippen molar-refractivity contribution in [1.29, 1.82) is 0 Å². The molecule has 25 heavy (non-hydrogen) atoms. The third kappa shape index (κ3) is 4.64. The van der Waals surface area contributed by atoms with Crippen LogP contribution in [0.5, 0.6) is 0 Å². The van der Waals surface area contributed by atoms with Gasteiger partial charge in [0.2, 0.25) is 11.8 Å². The quantitative estimate of drug-likeness (QED) is 0.909. The van der Waals surface area contributed by atoms with Gasteiger partial charge in [-0.25, -0.2) is 4.98 Å². The van der Waals surface area contributed by atoms with Crippen LogP contribution < -0.4 is 5.32 Å². The molecule has 0 radical (unpaired) electrons. The normalized spacial score (nSPS) is 15.2. The van der Waals surface area contributed by atoms with Crippen LogP contribution in [0.3, 0.4) is 0 Å². The fourth-order valence-corrected chi connectivity index (χ4v) is 3.57. The average molecular weight is 358 g/mol. The first kappa shape index (κ1) is 17.6. The van der Waals surface area contributed by atoms with Gasteiger partial charge in [-0.05, 0) is 31.3 Å². The molecular formula is C18H22N4O2S. The van der Waals surface area contributed by atoms with Crippen LogP contribution in [-0.2, 0) is 16.0 Å². The van der Waals surface area contributed by atoms with Gasteiger partial charge in [0.05, 0.1) is 12.1 Å². The van der Waals surface area contributed by atoms with Crippen LogP contribution in [0.4, 0.5) is 5.69 Å². The van der Waals surface area contributed by atoms with Crippen LogP contribution in [0, 0.1) is 0 Å². The largest absolute Gasteiger partial charge is 0.340 e. The molecule has 1 aliphatic heterocycles. The maximum Gasteiger partial charge on any atom is 0.228 e. The lowest BCUT2D eigenvalue weighted by Crippen LogP contribution is -2.47. The summed E-state index contributed by atoms with van der Waals surface area (Å²) in [5, 5.41) is 5.58. The minimum atomic E-state index is -0.0910. The van der Waals surface area contributed by atoms with Gasteiger partial charge in [-0.3, -0.25) is 9.59 Å². The van der Waals surface area contributed by atoms with E-state index in [1.54, 1.807) is 0 Å². The molecule has 0 bridgehead atoms. The monoisotopic (exact) mass is 358 g/mol. The van der Waals surface area contributed by atoms with E-state index in [2.05, 4.69) is 22.2 Å². The number of hydrogen-bond acceptors (Lipinski definition) is 5. The molecule has 1 aromatic carbocycles. The van der Waals surface area contributed by atoms with Gasteiger partial charge in [0.15, 0.2) is 0 Å². The lowest BCUT2D eigenvalue weighted by Gasteiger charge is -2.32. The summed E-state index contributed by atoms with van der Waals surface area (Å²) in [7, 11) is 2.08. The Hall–Kier alpha value is -2.25. The standard InChI is InChI=1S/C18H22N4O2S/c1-13(23)19-15-5-3-14(4-6-15)18-20-16(12-25-18)11-17(24)22-9-7-21(2)8-10-22/h3-6,12H,7-11H2,1-2H3,(H,19,23). The molecule has 6 nitrogen and oxygen atoms in total. The number of anilines is 1. The number of aromatic nitrogens is 1. The number of hydrogen-bond donors (Lipinski definition) is 1. The molecule has 3 rings (SSSR count). The second kappa shape index (κ2) is 7.76. The molecule has 1 aromatic heterocycles. The molecule has 1 fully saturated rings. The van der Waals surface area contributed by atoms with Gasteiger partial charge in [-0.15, -0.1) is 11.3 Å². The van der Waals surface area contributed by atoms with Gasteiger partial charge in [-0.2, -0.15) is 0 Å². The lowest BCUT2D eigenvalue weighted by atomic mass is 10.2. The van der Waals surface area contributed by atoms with Crippen LogP contribution in [-0.4, -0.2) is 59.8 Å². The first-order valence-corrected chi connectivity index (χ1v) is 9.18. The maximum atomic E-state index is 12.4. The maximum absolute atomic E-state index is 12.4. The van der Waals surface area contributed by atoms with Crippen molar-refractivity contribution in [3.05, 3.63) is 35.3 Å². The Kier molecular flexibility index (Phi) is 5.45. The molecule has 0 spiro atoms. The highest BCUT2D eigenvalue weighted by Gasteiger charge is 2.20. The second-order valence-corrected chi connectivity index (χ2v) is 7.12. The lowest BCUT2D eigenvalue weighted by molar-refractivity contribution is -0.132. The van der Waals surface area contributed by atoms with Gasteiger partial charge in [0.1, 0.15) is 5.01 Å². The molecule has 2 amide bonds. The molecule has 0 aliphatic carbocycles. The molecule has 1 N–H and O–H groups in total. The van der Waals surface area contributed by atoms with Crippen LogP contribution in [0.1, 0.15) is 12.6 Å². The summed E-state index contributed by atoms with van der Waals surface area (Å²) in [4.78, 5) is 32.2. The number of nitrogens with one attached hydrogen (secondary N) is 1. The van der Waals surface area contributed by atoms with Crippen molar-refractivity contribution in [2.75, 3.05) is 38.5 Å². The molecule has 0 unspecified atom stereocenters. The van der Waals surface area contributed by atoms with Crippen LogP contribution in [0.2, 0.25) is 0 Å². The summed E-state index contributed by atoms with van der Waals surface area (Å²) in [5.41, 5.74) is 2.56. The number of amides is 2. The SMILES string of the molecule is CC(=O)Nc1ccc(-c2nc(CC(=O)N3CCN(C)CC3)cs2)cc1. The third-order valence-electron chi connectivity index (χ3n) is 4.19. The number of carbonyl (C=O) groups is 2. The molecule has 1 saturated heterocycles. The Morgan fingerprint density at radius 3 is 2.48 bits per heavy atom. The van der Waals surface area contributed by atoms with E-state index >= 15 is 0 Å². The van der Waals surface area contributed by atoms with Crippen LogP contribution >= 0.6 is 11.3 Å². The minimum Gasteiger partial charge on any atom is -0.340 e. The van der Waals surface area contributed by atoms with E-state index in [0.29, 0.717) is 6.42 Å². The van der Waals surface area contributed by atoms with E-state index in [4.69, 9.17) is 0 Å². The molecule has 2 aromatic rings. The summed E-state index contributed by atoms with van der Waals surface area (Å²) in [5.74, 6) is 0.0534. The molecule has 2 heterocycles. The molecular weight excluding hydrogens is 336 g/mol. The molecule has 132 valence electrons. The van der Waals surface area contributed by atoms with Crippen molar-refractivity contribution in [3.63, 3.8) is 0 Å². The summed E-state index contributed by atoms with van der Waals surface area (Å²) < 4.78 is 0. The molecule has 0 saturated carbocycles. The summed E-state index contributed by atoms with van der Waals surface area (Å²) in [6.45, 7) is 4.91. The number of benzene rings is 1. The molecule has 1 aliphatic rings. The fraction of sp³-hybridized carbons (Fsp3) is 0.389. The highest BCUT2D eigenvalue weighted by atomic mass is 32.1. The van der Waals surface area contributed by atoms with Crippen molar-refractivity contribution in [3.8, 4) is 10.6 Å². The minimum absolute atomic E-state index is 0.0910. The fourth-order valence-electron chi connectivity index (χ4n) is 2.74. The second-order valence-electron chi connectivity index (χ2n) is 6.26. The van der Waals surface area contributed by atoms with E-state index in [0.717, 1.165) is 48.1 Å². The van der Waals surface area contributed by atoms with Crippen molar-refractivity contribution in [1.82, 2.24) is 14.8 Å². The number of nitrogens with zero attached hydrogens (tertiary/aromatic N) is 3. The van der Waals surface area contributed by atoms with Crippen molar-refractivity contribution in [2.45, 2.75) is 13.3 Å². The summed E-state index contributed by atoms with van der Waals surface area (Å²) in [6.07, 6.45) is 0.351.